The zero-order chi connectivity index (χ0) is 13.3. The van der Waals surface area contributed by atoms with E-state index in [1.54, 1.807) is 0 Å². The number of nitrogens with zero attached hydrogens (tertiary/aromatic N) is 2. The Kier molecular flexibility index (Phi) is 3.95. The summed E-state index contributed by atoms with van der Waals surface area (Å²) in [7, 11) is 0. The zero-order valence-electron chi connectivity index (χ0n) is 9.45. The fourth-order valence-electron chi connectivity index (χ4n) is 1.52. The van der Waals surface area contributed by atoms with Crippen LogP contribution in [0.3, 0.4) is 0 Å². The number of halogens is 3. The van der Waals surface area contributed by atoms with Crippen LogP contribution in [0, 0.1) is 6.92 Å². The van der Waals surface area contributed by atoms with Crippen molar-refractivity contribution in [3.05, 3.63) is 61.2 Å². The Hall–Kier alpha value is -1.03. The van der Waals surface area contributed by atoms with Crippen LogP contribution in [0.15, 0.2) is 29.3 Å². The third kappa shape index (κ3) is 2.69. The highest BCUT2D eigenvalue weighted by Crippen LogP contribution is 2.19. The first kappa shape index (κ1) is 13.4. The molecule has 0 spiro atoms. The summed E-state index contributed by atoms with van der Waals surface area (Å²) in [5, 5.41) is 0.531. The van der Waals surface area contributed by atoms with Crippen molar-refractivity contribution in [3.8, 4) is 0 Å². The lowest BCUT2D eigenvalue weighted by molar-refractivity contribution is 0.736. The highest BCUT2D eigenvalue weighted by Gasteiger charge is 2.09. The van der Waals surface area contributed by atoms with Crippen molar-refractivity contribution in [2.75, 3.05) is 0 Å². The van der Waals surface area contributed by atoms with Gasteiger partial charge in [-0.2, -0.15) is 0 Å². The van der Waals surface area contributed by atoms with Gasteiger partial charge in [-0.15, -0.1) is 0 Å². The van der Waals surface area contributed by atoms with Gasteiger partial charge in [0, 0.05) is 5.02 Å². The number of hydrogen-bond acceptors (Lipinski definition) is 2. The van der Waals surface area contributed by atoms with Crippen LogP contribution in [0.2, 0.25) is 15.2 Å². The Morgan fingerprint density at radius 3 is 2.67 bits per heavy atom. The van der Waals surface area contributed by atoms with Crippen molar-refractivity contribution in [1.82, 2.24) is 9.55 Å². The molecular weight excluding hydrogens is 295 g/mol. The summed E-state index contributed by atoms with van der Waals surface area (Å²) >= 11 is 17.5. The molecular formula is C12H9Cl3N2O. The molecule has 1 heterocycles. The predicted molar refractivity (Wildman–Crippen MR) is 73.8 cm³/mol. The maximum absolute atomic E-state index is 11.8. The minimum Gasteiger partial charge on any atom is -0.293 e. The molecule has 0 saturated carbocycles. The second-order valence-corrected chi connectivity index (χ2v) is 5.02. The summed E-state index contributed by atoms with van der Waals surface area (Å²) < 4.78 is 1.37. The summed E-state index contributed by atoms with van der Waals surface area (Å²) in [6.07, 6.45) is 1.35. The summed E-state index contributed by atoms with van der Waals surface area (Å²) in [5.74, 6) is 0. The summed E-state index contributed by atoms with van der Waals surface area (Å²) in [6.45, 7) is 2.25. The molecule has 0 aliphatic rings. The van der Waals surface area contributed by atoms with E-state index < -0.39 is 0 Å². The SMILES string of the molecule is Cc1ccc(Cn2cnc(Cl)c(Cl)c2=O)c(Cl)c1. The molecule has 0 unspecified atom stereocenters. The molecule has 3 nitrogen and oxygen atoms in total. The lowest BCUT2D eigenvalue weighted by Gasteiger charge is -2.08. The average molecular weight is 304 g/mol. The van der Waals surface area contributed by atoms with Crippen LogP contribution in [0.25, 0.3) is 0 Å². The minimum atomic E-state index is -0.381. The van der Waals surface area contributed by atoms with Crippen molar-refractivity contribution in [2.24, 2.45) is 0 Å². The van der Waals surface area contributed by atoms with Crippen molar-refractivity contribution in [2.45, 2.75) is 13.5 Å². The fraction of sp³-hybridized carbons (Fsp3) is 0.167. The van der Waals surface area contributed by atoms with Gasteiger partial charge in [0.2, 0.25) is 0 Å². The molecule has 94 valence electrons. The summed E-state index contributed by atoms with van der Waals surface area (Å²) in [5.41, 5.74) is 1.50. The molecule has 0 atom stereocenters. The molecule has 0 bridgehead atoms. The molecule has 0 saturated heterocycles. The van der Waals surface area contributed by atoms with Crippen LogP contribution in [0.5, 0.6) is 0 Å². The molecule has 0 aliphatic heterocycles. The molecule has 1 aromatic heterocycles. The van der Waals surface area contributed by atoms with E-state index in [4.69, 9.17) is 34.8 Å². The number of aryl methyl sites for hydroxylation is 1. The lowest BCUT2D eigenvalue weighted by Crippen LogP contribution is -2.21. The zero-order valence-corrected chi connectivity index (χ0v) is 11.7. The Labute approximate surface area is 119 Å². The van der Waals surface area contributed by atoms with Crippen LogP contribution in [-0.4, -0.2) is 9.55 Å². The van der Waals surface area contributed by atoms with Crippen LogP contribution < -0.4 is 5.56 Å². The first-order chi connectivity index (χ1) is 8.49. The van der Waals surface area contributed by atoms with Gasteiger partial charge in [0.1, 0.15) is 5.02 Å². The van der Waals surface area contributed by atoms with E-state index in [1.807, 2.05) is 25.1 Å². The van der Waals surface area contributed by atoms with E-state index >= 15 is 0 Å². The van der Waals surface area contributed by atoms with Crippen LogP contribution >= 0.6 is 34.8 Å². The maximum Gasteiger partial charge on any atom is 0.273 e. The quantitative estimate of drug-likeness (QED) is 0.795. The van der Waals surface area contributed by atoms with Gasteiger partial charge in [-0.25, -0.2) is 4.98 Å². The van der Waals surface area contributed by atoms with Gasteiger partial charge in [0.25, 0.3) is 5.56 Å². The molecule has 1 aromatic carbocycles. The van der Waals surface area contributed by atoms with E-state index in [0.717, 1.165) is 11.1 Å². The van der Waals surface area contributed by atoms with Crippen molar-refractivity contribution >= 4 is 34.8 Å². The van der Waals surface area contributed by atoms with Crippen LogP contribution in [0.4, 0.5) is 0 Å². The van der Waals surface area contributed by atoms with E-state index in [9.17, 15) is 4.79 Å². The number of rotatable bonds is 2. The number of aromatic nitrogens is 2. The van der Waals surface area contributed by atoms with E-state index in [0.29, 0.717) is 11.6 Å². The first-order valence-electron chi connectivity index (χ1n) is 5.14. The predicted octanol–water partition coefficient (Wildman–Crippen LogP) is 3.56. The molecule has 6 heteroatoms. The topological polar surface area (TPSA) is 34.9 Å². The average Bonchev–Trinajstić information content (AvgIpc) is 2.33. The molecule has 2 rings (SSSR count). The first-order valence-corrected chi connectivity index (χ1v) is 6.28. The van der Waals surface area contributed by atoms with Crippen molar-refractivity contribution in [3.63, 3.8) is 0 Å². The molecule has 0 N–H and O–H groups in total. The van der Waals surface area contributed by atoms with E-state index in [1.165, 1.54) is 10.9 Å². The normalized spacial score (nSPS) is 10.7. The summed E-state index contributed by atoms with van der Waals surface area (Å²) in [4.78, 5) is 15.7. The van der Waals surface area contributed by atoms with Crippen LogP contribution in [-0.2, 0) is 6.54 Å². The molecule has 0 aliphatic carbocycles. The fourth-order valence-corrected chi connectivity index (χ4v) is 2.10. The standard InChI is InChI=1S/C12H9Cl3N2O/c1-7-2-3-8(9(13)4-7)5-17-6-16-11(15)10(14)12(17)18/h2-4,6H,5H2,1H3. The largest absolute Gasteiger partial charge is 0.293 e. The Morgan fingerprint density at radius 2 is 2.00 bits per heavy atom. The third-order valence-corrected chi connectivity index (χ3v) is 3.57. The van der Waals surface area contributed by atoms with Crippen molar-refractivity contribution in [1.29, 1.82) is 0 Å². The monoisotopic (exact) mass is 302 g/mol. The molecule has 18 heavy (non-hydrogen) atoms. The van der Waals surface area contributed by atoms with Gasteiger partial charge in [-0.1, -0.05) is 46.9 Å². The van der Waals surface area contributed by atoms with Crippen molar-refractivity contribution < 1.29 is 0 Å². The van der Waals surface area contributed by atoms with Gasteiger partial charge in [0.05, 0.1) is 12.9 Å². The Balaban J connectivity index is 2.41. The second kappa shape index (κ2) is 5.31. The lowest BCUT2D eigenvalue weighted by atomic mass is 10.1. The highest BCUT2D eigenvalue weighted by atomic mass is 35.5. The maximum atomic E-state index is 11.8. The molecule has 2 aromatic rings. The van der Waals surface area contributed by atoms with E-state index in [-0.39, 0.29) is 15.7 Å². The van der Waals surface area contributed by atoms with Gasteiger partial charge in [-0.05, 0) is 24.1 Å². The van der Waals surface area contributed by atoms with Gasteiger partial charge >= 0.3 is 0 Å². The Bertz CT molecular complexity index is 652. The highest BCUT2D eigenvalue weighted by molar-refractivity contribution is 6.40. The van der Waals surface area contributed by atoms with Gasteiger partial charge < -0.3 is 0 Å². The second-order valence-electron chi connectivity index (χ2n) is 3.88. The minimum absolute atomic E-state index is 0.00733. The van der Waals surface area contributed by atoms with E-state index in [2.05, 4.69) is 4.98 Å². The number of hydrogen-bond donors (Lipinski definition) is 0. The van der Waals surface area contributed by atoms with Crippen LogP contribution in [0.1, 0.15) is 11.1 Å². The number of benzene rings is 1. The summed E-state index contributed by atoms with van der Waals surface area (Å²) in [6, 6.07) is 5.64. The van der Waals surface area contributed by atoms with Gasteiger partial charge in [-0.3, -0.25) is 9.36 Å². The molecule has 0 radical (unpaired) electrons. The Morgan fingerprint density at radius 1 is 1.28 bits per heavy atom. The molecule has 0 fully saturated rings. The molecule has 0 amide bonds. The smallest absolute Gasteiger partial charge is 0.273 e. The third-order valence-electron chi connectivity index (χ3n) is 2.49. The van der Waals surface area contributed by atoms with Gasteiger partial charge in [0.15, 0.2) is 5.15 Å².